The summed E-state index contributed by atoms with van der Waals surface area (Å²) in [7, 11) is 0. The van der Waals surface area contributed by atoms with Crippen LogP contribution >= 0.6 is 0 Å². The molecule has 0 N–H and O–H groups in total. The maximum Gasteiger partial charge on any atom is 0.160 e. The zero-order chi connectivity index (χ0) is 21.3. The number of hydrogen-bond donors (Lipinski definition) is 0. The van der Waals surface area contributed by atoms with Crippen molar-refractivity contribution in [2.24, 2.45) is 0 Å². The average molecular weight is 409 g/mol. The summed E-state index contributed by atoms with van der Waals surface area (Å²) in [6.45, 7) is 0. The van der Waals surface area contributed by atoms with E-state index in [0.29, 0.717) is 0 Å². The van der Waals surface area contributed by atoms with Crippen molar-refractivity contribution >= 4 is 21.5 Å². The minimum absolute atomic E-state index is 0.736. The molecular formula is C30H20N2. The highest BCUT2D eigenvalue weighted by Gasteiger charge is 2.11. The van der Waals surface area contributed by atoms with Crippen LogP contribution < -0.4 is 0 Å². The lowest BCUT2D eigenvalue weighted by atomic mass is 10.0. The molecule has 0 amide bonds. The van der Waals surface area contributed by atoms with Gasteiger partial charge in [0.05, 0.1) is 11.4 Å². The standard InChI is InChI=1S/C30H20N2/c1-2-10-23(11-3-1)30-31-28(26-16-14-21-8-4-6-12-24(21)18-26)20-29(32-30)27-17-15-22-9-5-7-13-25(22)19-27/h1-20H. The fourth-order valence-electron chi connectivity index (χ4n) is 4.16. The lowest BCUT2D eigenvalue weighted by Crippen LogP contribution is -1.96. The smallest absolute Gasteiger partial charge is 0.160 e. The molecule has 0 aliphatic carbocycles. The molecule has 0 aliphatic heterocycles. The highest BCUT2D eigenvalue weighted by molar-refractivity contribution is 5.89. The summed E-state index contributed by atoms with van der Waals surface area (Å²) in [5, 5.41) is 4.86. The Bertz CT molecular complexity index is 1470. The van der Waals surface area contributed by atoms with Crippen LogP contribution in [0.3, 0.4) is 0 Å². The van der Waals surface area contributed by atoms with E-state index in [0.717, 1.165) is 33.9 Å². The topological polar surface area (TPSA) is 25.8 Å². The molecule has 6 rings (SSSR count). The van der Waals surface area contributed by atoms with E-state index in [1.807, 2.05) is 18.2 Å². The predicted molar refractivity (Wildman–Crippen MR) is 133 cm³/mol. The number of hydrogen-bond acceptors (Lipinski definition) is 2. The van der Waals surface area contributed by atoms with Gasteiger partial charge in [-0.2, -0.15) is 0 Å². The minimum Gasteiger partial charge on any atom is -0.228 e. The molecule has 1 aromatic heterocycles. The zero-order valence-electron chi connectivity index (χ0n) is 17.4. The van der Waals surface area contributed by atoms with E-state index in [2.05, 4.69) is 103 Å². The molecule has 0 aliphatic rings. The van der Waals surface area contributed by atoms with E-state index >= 15 is 0 Å². The number of aromatic nitrogens is 2. The second kappa shape index (κ2) is 7.75. The van der Waals surface area contributed by atoms with Crippen molar-refractivity contribution in [3.63, 3.8) is 0 Å². The Kier molecular flexibility index (Phi) is 4.47. The molecule has 6 aromatic rings. The highest BCUT2D eigenvalue weighted by Crippen LogP contribution is 2.30. The van der Waals surface area contributed by atoms with Gasteiger partial charge in [-0.3, -0.25) is 0 Å². The Labute approximate surface area is 186 Å². The minimum atomic E-state index is 0.736. The molecule has 0 radical (unpaired) electrons. The second-order valence-electron chi connectivity index (χ2n) is 7.95. The van der Waals surface area contributed by atoms with Crippen LogP contribution in [0.25, 0.3) is 55.4 Å². The zero-order valence-corrected chi connectivity index (χ0v) is 17.4. The lowest BCUT2D eigenvalue weighted by Gasteiger charge is -2.10. The maximum absolute atomic E-state index is 4.96. The molecule has 0 fully saturated rings. The Balaban J connectivity index is 1.56. The van der Waals surface area contributed by atoms with E-state index in [1.165, 1.54) is 21.5 Å². The summed E-state index contributed by atoms with van der Waals surface area (Å²) in [6, 6.07) is 42.1. The quantitative estimate of drug-likeness (QED) is 0.299. The van der Waals surface area contributed by atoms with Gasteiger partial charge in [0.15, 0.2) is 5.82 Å². The van der Waals surface area contributed by atoms with Crippen molar-refractivity contribution in [1.82, 2.24) is 9.97 Å². The third-order valence-corrected chi connectivity index (χ3v) is 5.85. The van der Waals surface area contributed by atoms with Gasteiger partial charge >= 0.3 is 0 Å². The van der Waals surface area contributed by atoms with Gasteiger partial charge in [-0.05, 0) is 39.7 Å². The third kappa shape index (κ3) is 3.42. The molecule has 0 bridgehead atoms. The molecule has 1 heterocycles. The molecule has 0 spiro atoms. The Hall–Kier alpha value is -4.30. The van der Waals surface area contributed by atoms with Gasteiger partial charge < -0.3 is 0 Å². The van der Waals surface area contributed by atoms with Crippen molar-refractivity contribution in [3.05, 3.63) is 121 Å². The van der Waals surface area contributed by atoms with Crippen molar-refractivity contribution in [2.45, 2.75) is 0 Å². The fourth-order valence-corrected chi connectivity index (χ4v) is 4.16. The first-order chi connectivity index (χ1) is 15.8. The Morgan fingerprint density at radius 2 is 0.812 bits per heavy atom. The van der Waals surface area contributed by atoms with Crippen molar-refractivity contribution in [2.75, 3.05) is 0 Å². The molecule has 2 heteroatoms. The Morgan fingerprint density at radius 3 is 1.34 bits per heavy atom. The molecule has 0 saturated heterocycles. The normalized spacial score (nSPS) is 11.1. The van der Waals surface area contributed by atoms with Gasteiger partial charge in [-0.15, -0.1) is 0 Å². The van der Waals surface area contributed by atoms with E-state index in [-0.39, 0.29) is 0 Å². The molecule has 5 aromatic carbocycles. The molecule has 150 valence electrons. The molecular weight excluding hydrogens is 388 g/mol. The Morgan fingerprint density at radius 1 is 0.344 bits per heavy atom. The van der Waals surface area contributed by atoms with Crippen molar-refractivity contribution in [3.8, 4) is 33.9 Å². The van der Waals surface area contributed by atoms with Crippen LogP contribution in [0.4, 0.5) is 0 Å². The highest BCUT2D eigenvalue weighted by atomic mass is 14.9. The van der Waals surface area contributed by atoms with Crippen LogP contribution in [0.1, 0.15) is 0 Å². The summed E-state index contributed by atoms with van der Waals surface area (Å²) in [5.74, 6) is 0.736. The SMILES string of the molecule is c1ccc(-c2nc(-c3ccc4ccccc4c3)cc(-c3ccc4ccccc4c3)n2)cc1. The third-order valence-electron chi connectivity index (χ3n) is 5.85. The van der Waals surface area contributed by atoms with Gasteiger partial charge in [-0.1, -0.05) is 103 Å². The lowest BCUT2D eigenvalue weighted by molar-refractivity contribution is 1.18. The summed E-state index contributed by atoms with van der Waals surface area (Å²) >= 11 is 0. The van der Waals surface area contributed by atoms with Gasteiger partial charge in [-0.25, -0.2) is 9.97 Å². The van der Waals surface area contributed by atoms with Crippen LogP contribution in [0, 0.1) is 0 Å². The van der Waals surface area contributed by atoms with Crippen LogP contribution in [-0.4, -0.2) is 9.97 Å². The van der Waals surface area contributed by atoms with E-state index in [1.54, 1.807) is 0 Å². The largest absolute Gasteiger partial charge is 0.228 e. The van der Waals surface area contributed by atoms with E-state index in [4.69, 9.17) is 9.97 Å². The summed E-state index contributed by atoms with van der Waals surface area (Å²) in [4.78, 5) is 9.91. The van der Waals surface area contributed by atoms with Crippen LogP contribution in [0.2, 0.25) is 0 Å². The predicted octanol–water partition coefficient (Wildman–Crippen LogP) is 7.78. The fraction of sp³-hybridized carbons (Fsp3) is 0. The maximum atomic E-state index is 4.96. The van der Waals surface area contributed by atoms with Crippen LogP contribution in [0.5, 0.6) is 0 Å². The first-order valence-electron chi connectivity index (χ1n) is 10.8. The first kappa shape index (κ1) is 18.5. The second-order valence-corrected chi connectivity index (χ2v) is 7.95. The summed E-state index contributed by atoms with van der Waals surface area (Å²) < 4.78 is 0. The first-order valence-corrected chi connectivity index (χ1v) is 10.8. The van der Waals surface area contributed by atoms with Gasteiger partial charge in [0, 0.05) is 16.7 Å². The van der Waals surface area contributed by atoms with Gasteiger partial charge in [0.25, 0.3) is 0 Å². The van der Waals surface area contributed by atoms with Crippen molar-refractivity contribution in [1.29, 1.82) is 0 Å². The van der Waals surface area contributed by atoms with Crippen LogP contribution in [0.15, 0.2) is 121 Å². The molecule has 2 nitrogen and oxygen atoms in total. The van der Waals surface area contributed by atoms with Crippen LogP contribution in [-0.2, 0) is 0 Å². The summed E-state index contributed by atoms with van der Waals surface area (Å²) in [6.07, 6.45) is 0. The molecule has 0 saturated carbocycles. The number of rotatable bonds is 3. The monoisotopic (exact) mass is 408 g/mol. The van der Waals surface area contributed by atoms with Gasteiger partial charge in [0.2, 0.25) is 0 Å². The van der Waals surface area contributed by atoms with E-state index in [9.17, 15) is 0 Å². The van der Waals surface area contributed by atoms with Crippen molar-refractivity contribution < 1.29 is 0 Å². The molecule has 0 atom stereocenters. The molecule has 0 unspecified atom stereocenters. The van der Waals surface area contributed by atoms with E-state index < -0.39 is 0 Å². The number of nitrogens with zero attached hydrogens (tertiary/aromatic N) is 2. The number of fused-ring (bicyclic) bond motifs is 2. The molecule has 32 heavy (non-hydrogen) atoms. The number of benzene rings is 5. The summed E-state index contributed by atoms with van der Waals surface area (Å²) in [5.41, 5.74) is 5.04. The van der Waals surface area contributed by atoms with Gasteiger partial charge in [0.1, 0.15) is 0 Å². The average Bonchev–Trinajstić information content (AvgIpc) is 2.88.